The summed E-state index contributed by atoms with van der Waals surface area (Å²) in [5.41, 5.74) is 16.8. The van der Waals surface area contributed by atoms with Crippen molar-refractivity contribution in [3.05, 3.63) is 199 Å². The van der Waals surface area contributed by atoms with Crippen molar-refractivity contribution in [1.29, 1.82) is 0 Å². The average Bonchev–Trinajstić information content (AvgIpc) is 3.77. The smallest absolute Gasteiger partial charge is 0.182 e. The summed E-state index contributed by atoms with van der Waals surface area (Å²) in [6, 6.07) is 70.8. The average molecular weight is 692 g/mol. The summed E-state index contributed by atoms with van der Waals surface area (Å²) in [5, 5.41) is 5.98. The molecule has 0 amide bonds. The van der Waals surface area contributed by atoms with Gasteiger partial charge in [0.25, 0.3) is 0 Å². The maximum atomic E-state index is 2.55. The monoisotopic (exact) mass is 691 g/mol. The van der Waals surface area contributed by atoms with E-state index in [-0.39, 0.29) is 5.41 Å². The van der Waals surface area contributed by atoms with E-state index in [1.807, 2.05) is 0 Å². The van der Waals surface area contributed by atoms with Crippen LogP contribution in [0.4, 0.5) is 17.1 Å². The van der Waals surface area contributed by atoms with Gasteiger partial charge in [0.15, 0.2) is 8.07 Å². The molecule has 1 aliphatic carbocycles. The van der Waals surface area contributed by atoms with Crippen molar-refractivity contribution in [1.82, 2.24) is 0 Å². The zero-order valence-electron chi connectivity index (χ0n) is 29.8. The fraction of sp³-hybridized carbons (Fsp3) is 0.0588. The lowest BCUT2D eigenvalue weighted by molar-refractivity contribution is 0.660. The highest BCUT2D eigenvalue weighted by Gasteiger charge is 2.54. The van der Waals surface area contributed by atoms with Crippen molar-refractivity contribution in [2.45, 2.75) is 19.3 Å². The third-order valence-corrected chi connectivity index (χ3v) is 17.3. The van der Waals surface area contributed by atoms with Gasteiger partial charge in [-0.25, -0.2) is 0 Å². The number of hydrogen-bond donors (Lipinski definition) is 0. The second kappa shape index (κ2) is 11.1. The summed E-state index contributed by atoms with van der Waals surface area (Å²) < 4.78 is 0. The van der Waals surface area contributed by atoms with Crippen LogP contribution in [0.2, 0.25) is 0 Å². The Balaban J connectivity index is 1.15. The molecule has 2 heterocycles. The first-order valence-corrected chi connectivity index (χ1v) is 20.7. The quantitative estimate of drug-likeness (QED) is 0.166. The van der Waals surface area contributed by atoms with Gasteiger partial charge in [-0.15, -0.1) is 0 Å². The molecule has 1 nitrogen and oxygen atoms in total. The van der Waals surface area contributed by atoms with E-state index in [2.05, 4.69) is 207 Å². The fourth-order valence-corrected chi connectivity index (χ4v) is 15.6. The van der Waals surface area contributed by atoms with Crippen LogP contribution in [0.15, 0.2) is 188 Å². The molecule has 8 aromatic carbocycles. The van der Waals surface area contributed by atoms with Crippen molar-refractivity contribution in [2.75, 3.05) is 4.90 Å². The number of anilines is 3. The SMILES string of the molecule is CC1(C)c2ccccc2-c2ccc(N(c3ccc(-c4ccccc4)cc3)c3ccc4c(c3)[Si]3(c5ccccc5-c5ccccc53)c3ccccc3-4)cc21. The Bertz CT molecular complexity index is 2700. The van der Waals surface area contributed by atoms with Crippen molar-refractivity contribution >= 4 is 45.9 Å². The highest BCUT2D eigenvalue weighted by Crippen LogP contribution is 2.51. The first-order chi connectivity index (χ1) is 26.0. The molecule has 8 aromatic rings. The highest BCUT2D eigenvalue weighted by atomic mass is 28.3. The predicted molar refractivity (Wildman–Crippen MR) is 226 cm³/mol. The molecular formula is C51H37NSi. The van der Waals surface area contributed by atoms with Gasteiger partial charge in [-0.3, -0.25) is 0 Å². The number of fused-ring (bicyclic) bond motifs is 13. The summed E-state index contributed by atoms with van der Waals surface area (Å²) in [4.78, 5) is 2.49. The van der Waals surface area contributed by atoms with Crippen LogP contribution in [-0.4, -0.2) is 8.07 Å². The number of hydrogen-bond acceptors (Lipinski definition) is 1. The first-order valence-electron chi connectivity index (χ1n) is 18.7. The highest BCUT2D eigenvalue weighted by molar-refractivity contribution is 7.24. The third kappa shape index (κ3) is 4.13. The molecular weight excluding hydrogens is 655 g/mol. The molecule has 0 aromatic heterocycles. The summed E-state index contributed by atoms with van der Waals surface area (Å²) in [6.45, 7) is 4.74. The van der Waals surface area contributed by atoms with Crippen LogP contribution in [0.25, 0.3) is 44.5 Å². The van der Waals surface area contributed by atoms with Gasteiger partial charge in [0, 0.05) is 22.5 Å². The predicted octanol–water partition coefficient (Wildman–Crippen LogP) is 10.5. The molecule has 0 N–H and O–H groups in total. The van der Waals surface area contributed by atoms with E-state index in [1.54, 1.807) is 0 Å². The zero-order chi connectivity index (χ0) is 35.3. The van der Waals surface area contributed by atoms with E-state index in [0.29, 0.717) is 0 Å². The van der Waals surface area contributed by atoms with Gasteiger partial charge in [-0.2, -0.15) is 0 Å². The molecule has 53 heavy (non-hydrogen) atoms. The molecule has 0 saturated carbocycles. The van der Waals surface area contributed by atoms with Gasteiger partial charge in [0.1, 0.15) is 0 Å². The molecule has 0 saturated heterocycles. The van der Waals surface area contributed by atoms with Gasteiger partial charge in [0.05, 0.1) is 0 Å². The van der Waals surface area contributed by atoms with Gasteiger partial charge in [-0.05, 0) is 113 Å². The second-order valence-corrected chi connectivity index (χ2v) is 18.9. The van der Waals surface area contributed by atoms with Crippen LogP contribution in [0, 0.1) is 0 Å². The molecule has 0 atom stereocenters. The summed E-state index contributed by atoms with van der Waals surface area (Å²) in [7, 11) is -2.59. The van der Waals surface area contributed by atoms with Crippen molar-refractivity contribution in [2.24, 2.45) is 0 Å². The van der Waals surface area contributed by atoms with Crippen molar-refractivity contribution < 1.29 is 0 Å². The standard InChI is InChI=1S/C51H37NSi/c1-51(2)45-20-10-6-16-39(45)40-30-28-37(32-46(40)51)52(36-26-24-35(25-27-36)34-14-4-3-5-15-34)38-29-31-44-43-19-9-13-23-49(43)53(50(44)33-38)47-21-11-7-17-41(47)42-18-8-12-22-48(42)53/h3-33H,1-2H3. The van der Waals surface area contributed by atoms with Crippen LogP contribution >= 0.6 is 0 Å². The maximum absolute atomic E-state index is 2.59. The lowest BCUT2D eigenvalue weighted by Crippen LogP contribution is -2.70. The molecule has 1 spiro atoms. The lowest BCUT2D eigenvalue weighted by Gasteiger charge is -2.31. The Morgan fingerprint density at radius 1 is 0.340 bits per heavy atom. The van der Waals surface area contributed by atoms with Gasteiger partial charge in [-0.1, -0.05) is 166 Å². The minimum Gasteiger partial charge on any atom is -0.310 e. The Kier molecular flexibility index (Phi) is 6.39. The van der Waals surface area contributed by atoms with E-state index in [0.717, 1.165) is 5.69 Å². The number of nitrogens with zero attached hydrogens (tertiary/aromatic N) is 1. The normalized spacial score (nSPS) is 14.5. The molecule has 0 fully saturated rings. The topological polar surface area (TPSA) is 3.24 Å². The molecule has 2 heteroatoms. The van der Waals surface area contributed by atoms with Gasteiger partial charge < -0.3 is 4.90 Å². The molecule has 3 aliphatic rings. The summed E-state index contributed by atoms with van der Waals surface area (Å²) >= 11 is 0. The molecule has 0 unspecified atom stereocenters. The number of rotatable bonds is 4. The lowest BCUT2D eigenvalue weighted by atomic mass is 9.82. The molecule has 0 radical (unpaired) electrons. The summed E-state index contributed by atoms with van der Waals surface area (Å²) in [6.07, 6.45) is 0. The van der Waals surface area contributed by atoms with Gasteiger partial charge in [0.2, 0.25) is 0 Å². The Labute approximate surface area is 312 Å². The van der Waals surface area contributed by atoms with E-state index in [1.165, 1.54) is 87.8 Å². The Morgan fingerprint density at radius 2 is 0.774 bits per heavy atom. The second-order valence-electron chi connectivity index (χ2n) is 15.3. The minimum absolute atomic E-state index is 0.0986. The largest absolute Gasteiger partial charge is 0.310 e. The van der Waals surface area contributed by atoms with Crippen LogP contribution in [0.3, 0.4) is 0 Å². The van der Waals surface area contributed by atoms with Crippen LogP contribution in [0.5, 0.6) is 0 Å². The zero-order valence-corrected chi connectivity index (χ0v) is 30.8. The van der Waals surface area contributed by atoms with Crippen molar-refractivity contribution in [3.63, 3.8) is 0 Å². The van der Waals surface area contributed by atoms with Crippen LogP contribution in [-0.2, 0) is 5.41 Å². The van der Waals surface area contributed by atoms with Crippen molar-refractivity contribution in [3.8, 4) is 44.5 Å². The maximum Gasteiger partial charge on any atom is 0.182 e. The van der Waals surface area contributed by atoms with Gasteiger partial charge >= 0.3 is 0 Å². The van der Waals surface area contributed by atoms with Crippen LogP contribution in [0.1, 0.15) is 25.0 Å². The Hall–Kier alpha value is -6.22. The summed E-state index contributed by atoms with van der Waals surface area (Å²) in [5.74, 6) is 0. The molecule has 11 rings (SSSR count). The van der Waals surface area contributed by atoms with E-state index < -0.39 is 8.07 Å². The molecule has 250 valence electrons. The van der Waals surface area contributed by atoms with Crippen LogP contribution < -0.4 is 25.6 Å². The fourth-order valence-electron chi connectivity index (χ4n) is 9.93. The molecule has 2 aliphatic heterocycles. The minimum atomic E-state index is -2.59. The number of benzene rings is 8. The third-order valence-electron chi connectivity index (χ3n) is 12.3. The molecule has 0 bridgehead atoms. The Morgan fingerprint density at radius 3 is 1.40 bits per heavy atom. The first kappa shape index (κ1) is 30.4. The van der Waals surface area contributed by atoms with E-state index in [9.17, 15) is 0 Å². The van der Waals surface area contributed by atoms with E-state index >= 15 is 0 Å². The van der Waals surface area contributed by atoms with E-state index in [4.69, 9.17) is 0 Å².